The molecule has 0 saturated heterocycles. The lowest BCUT2D eigenvalue weighted by Gasteiger charge is -2.14. The third-order valence-corrected chi connectivity index (χ3v) is 5.04. The van der Waals surface area contributed by atoms with Gasteiger partial charge in [0, 0.05) is 23.0 Å². The van der Waals surface area contributed by atoms with Gasteiger partial charge in [-0.3, -0.25) is 10.1 Å². The maximum Gasteiger partial charge on any atom is 0.257 e. The molecule has 0 bridgehead atoms. The van der Waals surface area contributed by atoms with E-state index in [0.29, 0.717) is 22.7 Å². The summed E-state index contributed by atoms with van der Waals surface area (Å²) in [7, 11) is 0. The van der Waals surface area contributed by atoms with E-state index in [1.165, 1.54) is 0 Å². The highest BCUT2D eigenvalue weighted by molar-refractivity contribution is 7.80. The van der Waals surface area contributed by atoms with E-state index >= 15 is 0 Å². The van der Waals surface area contributed by atoms with Crippen molar-refractivity contribution in [1.29, 1.82) is 0 Å². The number of pyridine rings is 1. The fourth-order valence-corrected chi connectivity index (χ4v) is 3.48. The molecule has 4 aromatic rings. The first-order chi connectivity index (χ1) is 14.4. The molecule has 4 rings (SSSR count). The summed E-state index contributed by atoms with van der Waals surface area (Å²) < 4.78 is 5.84. The molecule has 0 radical (unpaired) electrons. The van der Waals surface area contributed by atoms with Gasteiger partial charge in [0.2, 0.25) is 5.89 Å². The smallest absolute Gasteiger partial charge is 0.257 e. The van der Waals surface area contributed by atoms with Crippen LogP contribution in [0.1, 0.15) is 27.0 Å². The second-order valence-electron chi connectivity index (χ2n) is 7.05. The normalized spacial score (nSPS) is 10.8. The standard InChI is InChI=1S/C23H20N4O2S/c1-13-9-10-16(14(2)12-13)21(28)27-23(30)25-18-7-4-6-17(15(18)3)22-26-20-19(29-22)8-5-11-24-20/h4-12H,1-3H3,(H2,25,27,28,30). The topological polar surface area (TPSA) is 80.0 Å². The molecule has 0 saturated carbocycles. The minimum atomic E-state index is -0.246. The quantitative estimate of drug-likeness (QED) is 0.461. The summed E-state index contributed by atoms with van der Waals surface area (Å²) in [5.41, 5.74) is 6.25. The highest BCUT2D eigenvalue weighted by Crippen LogP contribution is 2.30. The molecule has 2 N–H and O–H groups in total. The molecule has 30 heavy (non-hydrogen) atoms. The van der Waals surface area contributed by atoms with Crippen molar-refractivity contribution >= 4 is 40.2 Å². The summed E-state index contributed by atoms with van der Waals surface area (Å²) in [5.74, 6) is 0.235. The zero-order valence-electron chi connectivity index (χ0n) is 16.8. The summed E-state index contributed by atoms with van der Waals surface area (Å²) in [5, 5.41) is 6.07. The van der Waals surface area contributed by atoms with Crippen molar-refractivity contribution in [3.63, 3.8) is 0 Å². The highest BCUT2D eigenvalue weighted by atomic mass is 32.1. The Morgan fingerprint density at radius 3 is 2.67 bits per heavy atom. The number of anilines is 1. The molecule has 0 atom stereocenters. The fourth-order valence-electron chi connectivity index (χ4n) is 3.28. The number of oxazole rings is 1. The van der Waals surface area contributed by atoms with Crippen molar-refractivity contribution in [2.75, 3.05) is 5.32 Å². The fraction of sp³-hybridized carbons (Fsp3) is 0.130. The van der Waals surface area contributed by atoms with Crippen molar-refractivity contribution in [2.45, 2.75) is 20.8 Å². The molecule has 0 unspecified atom stereocenters. The zero-order valence-corrected chi connectivity index (χ0v) is 17.6. The molecule has 2 aromatic heterocycles. The van der Waals surface area contributed by atoms with E-state index in [9.17, 15) is 4.79 Å². The number of nitrogens with zero attached hydrogens (tertiary/aromatic N) is 2. The van der Waals surface area contributed by atoms with Crippen LogP contribution in [0.3, 0.4) is 0 Å². The number of rotatable bonds is 3. The van der Waals surface area contributed by atoms with Crippen LogP contribution in [-0.4, -0.2) is 21.0 Å². The molecule has 0 fully saturated rings. The van der Waals surface area contributed by atoms with Crippen molar-refractivity contribution in [3.05, 3.63) is 77.0 Å². The van der Waals surface area contributed by atoms with E-state index in [2.05, 4.69) is 20.6 Å². The molecule has 2 aromatic carbocycles. The number of hydrogen-bond acceptors (Lipinski definition) is 5. The van der Waals surface area contributed by atoms with Crippen LogP contribution in [0.2, 0.25) is 0 Å². The molecule has 0 aliphatic rings. The van der Waals surface area contributed by atoms with Gasteiger partial charge in [0.1, 0.15) is 0 Å². The van der Waals surface area contributed by atoms with E-state index in [4.69, 9.17) is 16.6 Å². The average molecular weight is 417 g/mol. The number of benzene rings is 2. The first kappa shape index (κ1) is 19.7. The third kappa shape index (κ3) is 3.92. The zero-order chi connectivity index (χ0) is 21.3. The average Bonchev–Trinajstić information content (AvgIpc) is 3.13. The molecule has 150 valence electrons. The van der Waals surface area contributed by atoms with Gasteiger partial charge in [-0.2, -0.15) is 4.98 Å². The van der Waals surface area contributed by atoms with E-state index in [-0.39, 0.29) is 11.0 Å². The second kappa shape index (κ2) is 8.04. The van der Waals surface area contributed by atoms with Crippen LogP contribution in [0.15, 0.2) is 59.1 Å². The Morgan fingerprint density at radius 2 is 1.90 bits per heavy atom. The summed E-state index contributed by atoms with van der Waals surface area (Å²) in [6, 6.07) is 15.0. The summed E-state index contributed by atoms with van der Waals surface area (Å²) in [6.45, 7) is 5.83. The number of aryl methyl sites for hydroxylation is 2. The van der Waals surface area contributed by atoms with Gasteiger partial charge in [-0.15, -0.1) is 0 Å². The first-order valence-electron chi connectivity index (χ1n) is 9.43. The van der Waals surface area contributed by atoms with Crippen molar-refractivity contribution in [3.8, 4) is 11.5 Å². The molecular formula is C23H20N4O2S. The molecule has 0 aliphatic carbocycles. The maximum absolute atomic E-state index is 12.6. The van der Waals surface area contributed by atoms with Gasteiger partial charge in [0.15, 0.2) is 16.3 Å². The Bertz CT molecular complexity index is 1250. The molecule has 2 heterocycles. The number of nitrogens with one attached hydrogen (secondary N) is 2. The minimum Gasteiger partial charge on any atom is -0.434 e. The minimum absolute atomic E-state index is 0.222. The number of carbonyl (C=O) groups is 1. The van der Waals surface area contributed by atoms with E-state index in [1.54, 1.807) is 18.3 Å². The predicted molar refractivity (Wildman–Crippen MR) is 122 cm³/mol. The largest absolute Gasteiger partial charge is 0.434 e. The van der Waals surface area contributed by atoms with Crippen LogP contribution < -0.4 is 10.6 Å². The van der Waals surface area contributed by atoms with Crippen molar-refractivity contribution in [1.82, 2.24) is 15.3 Å². The second-order valence-corrected chi connectivity index (χ2v) is 7.46. The Morgan fingerprint density at radius 1 is 1.07 bits per heavy atom. The van der Waals surface area contributed by atoms with E-state index in [1.807, 2.05) is 57.2 Å². The first-order valence-corrected chi connectivity index (χ1v) is 9.84. The molecule has 1 amide bonds. The number of aromatic nitrogens is 2. The van der Waals surface area contributed by atoms with Crippen LogP contribution in [-0.2, 0) is 0 Å². The predicted octanol–water partition coefficient (Wildman–Crippen LogP) is 4.94. The van der Waals surface area contributed by atoms with Gasteiger partial charge >= 0.3 is 0 Å². The molecule has 0 aliphatic heterocycles. The molecule has 6 nitrogen and oxygen atoms in total. The molecule has 7 heteroatoms. The van der Waals surface area contributed by atoms with Crippen LogP contribution in [0, 0.1) is 20.8 Å². The van der Waals surface area contributed by atoms with Crippen molar-refractivity contribution < 1.29 is 9.21 Å². The summed E-state index contributed by atoms with van der Waals surface area (Å²) >= 11 is 5.36. The van der Waals surface area contributed by atoms with Crippen LogP contribution in [0.4, 0.5) is 5.69 Å². The van der Waals surface area contributed by atoms with Crippen LogP contribution >= 0.6 is 12.2 Å². The Hall–Kier alpha value is -3.58. The van der Waals surface area contributed by atoms with Gasteiger partial charge < -0.3 is 9.73 Å². The lowest BCUT2D eigenvalue weighted by atomic mass is 10.1. The van der Waals surface area contributed by atoms with Gasteiger partial charge in [-0.05, 0) is 74.4 Å². The van der Waals surface area contributed by atoms with Gasteiger partial charge in [0.05, 0.1) is 0 Å². The summed E-state index contributed by atoms with van der Waals surface area (Å²) in [6.07, 6.45) is 1.68. The van der Waals surface area contributed by atoms with Crippen molar-refractivity contribution in [2.24, 2.45) is 0 Å². The van der Waals surface area contributed by atoms with Gasteiger partial charge in [-0.25, -0.2) is 4.98 Å². The maximum atomic E-state index is 12.6. The number of carbonyl (C=O) groups excluding carboxylic acids is 1. The van der Waals surface area contributed by atoms with Gasteiger partial charge in [0.25, 0.3) is 5.91 Å². The van der Waals surface area contributed by atoms with E-state index < -0.39 is 0 Å². The third-order valence-electron chi connectivity index (χ3n) is 4.83. The number of amides is 1. The Balaban J connectivity index is 1.54. The van der Waals surface area contributed by atoms with Crippen LogP contribution in [0.25, 0.3) is 22.7 Å². The number of hydrogen-bond donors (Lipinski definition) is 2. The highest BCUT2D eigenvalue weighted by Gasteiger charge is 2.15. The Labute approximate surface area is 179 Å². The number of thiocarbonyl (C=S) groups is 1. The van der Waals surface area contributed by atoms with Gasteiger partial charge in [-0.1, -0.05) is 23.8 Å². The SMILES string of the molecule is Cc1ccc(C(=O)NC(=S)Nc2cccc(-c3nc4ncccc4o3)c2C)c(C)c1. The molecule has 0 spiro atoms. The lowest BCUT2D eigenvalue weighted by molar-refractivity contribution is 0.0977. The lowest BCUT2D eigenvalue weighted by Crippen LogP contribution is -2.34. The number of fused-ring (bicyclic) bond motifs is 1. The van der Waals surface area contributed by atoms with Crippen LogP contribution in [0.5, 0.6) is 0 Å². The molecular weight excluding hydrogens is 396 g/mol. The Kier molecular flexibility index (Phi) is 5.29. The monoisotopic (exact) mass is 416 g/mol. The summed E-state index contributed by atoms with van der Waals surface area (Å²) in [4.78, 5) is 21.3. The van der Waals surface area contributed by atoms with E-state index in [0.717, 1.165) is 27.9 Å².